The fraction of sp³-hybridized carbons (Fsp3) is 0.304. The van der Waals surface area contributed by atoms with Crippen molar-refractivity contribution in [3.8, 4) is 28.7 Å². The molecule has 2 atom stereocenters. The van der Waals surface area contributed by atoms with E-state index in [2.05, 4.69) is 0 Å². The molecule has 2 unspecified atom stereocenters. The molecule has 0 amide bonds. The summed E-state index contributed by atoms with van der Waals surface area (Å²) in [7, 11) is 0. The SMILES string of the molecule is CC(=O)Oc1ccc(C2Oc3cc(O)cc(OC(C)=O)c3CC2OC(C)=O)cc1OC(C)=O. The van der Waals surface area contributed by atoms with Crippen LogP contribution in [0.25, 0.3) is 0 Å². The van der Waals surface area contributed by atoms with E-state index >= 15 is 0 Å². The van der Waals surface area contributed by atoms with Crippen molar-refractivity contribution >= 4 is 23.9 Å². The summed E-state index contributed by atoms with van der Waals surface area (Å²) in [5.74, 6) is -2.30. The average molecular weight is 458 g/mol. The predicted octanol–water partition coefficient (Wildman–Crippen LogP) is 2.78. The van der Waals surface area contributed by atoms with Crippen molar-refractivity contribution in [2.24, 2.45) is 0 Å². The molecular weight excluding hydrogens is 436 g/mol. The van der Waals surface area contributed by atoms with Gasteiger partial charge < -0.3 is 28.8 Å². The normalized spacial score (nSPS) is 16.6. The van der Waals surface area contributed by atoms with Gasteiger partial charge >= 0.3 is 23.9 Å². The Balaban J connectivity index is 2.07. The van der Waals surface area contributed by atoms with Crippen molar-refractivity contribution in [2.75, 3.05) is 0 Å². The zero-order valence-corrected chi connectivity index (χ0v) is 18.4. The molecule has 1 aliphatic heterocycles. The lowest BCUT2D eigenvalue weighted by atomic mass is 9.93. The van der Waals surface area contributed by atoms with Gasteiger partial charge in [0.05, 0.1) is 0 Å². The van der Waals surface area contributed by atoms with E-state index < -0.39 is 36.1 Å². The van der Waals surface area contributed by atoms with Gasteiger partial charge in [-0.15, -0.1) is 0 Å². The Morgan fingerprint density at radius 3 is 2.03 bits per heavy atom. The average Bonchev–Trinajstić information content (AvgIpc) is 2.67. The predicted molar refractivity (Wildman–Crippen MR) is 111 cm³/mol. The summed E-state index contributed by atoms with van der Waals surface area (Å²) in [4.78, 5) is 46.2. The number of esters is 4. The van der Waals surface area contributed by atoms with Crippen LogP contribution < -0.4 is 18.9 Å². The zero-order chi connectivity index (χ0) is 24.3. The third-order valence-corrected chi connectivity index (χ3v) is 4.52. The van der Waals surface area contributed by atoms with Crippen LogP contribution in [0.15, 0.2) is 30.3 Å². The summed E-state index contributed by atoms with van der Waals surface area (Å²) in [5, 5.41) is 10.1. The van der Waals surface area contributed by atoms with Gasteiger partial charge in [-0.3, -0.25) is 19.2 Å². The lowest BCUT2D eigenvalue weighted by Gasteiger charge is -2.34. The van der Waals surface area contributed by atoms with Crippen LogP contribution in [0, 0.1) is 0 Å². The third kappa shape index (κ3) is 5.79. The van der Waals surface area contributed by atoms with E-state index in [9.17, 15) is 24.3 Å². The molecule has 0 radical (unpaired) electrons. The van der Waals surface area contributed by atoms with Crippen molar-refractivity contribution in [3.63, 3.8) is 0 Å². The molecule has 0 saturated heterocycles. The van der Waals surface area contributed by atoms with Gasteiger partial charge in [-0.25, -0.2) is 0 Å². The van der Waals surface area contributed by atoms with Crippen molar-refractivity contribution in [1.29, 1.82) is 0 Å². The van der Waals surface area contributed by atoms with Gasteiger partial charge in [-0.05, 0) is 12.1 Å². The molecule has 0 aromatic heterocycles. The molecule has 174 valence electrons. The molecule has 1 heterocycles. The summed E-state index contributed by atoms with van der Waals surface area (Å²) < 4.78 is 26.9. The number of phenolic OH excluding ortho intramolecular Hbond substituents is 1. The van der Waals surface area contributed by atoms with Gasteiger partial charge in [0.2, 0.25) is 0 Å². The van der Waals surface area contributed by atoms with Gasteiger partial charge in [0.25, 0.3) is 0 Å². The number of aromatic hydroxyl groups is 1. The largest absolute Gasteiger partial charge is 0.508 e. The van der Waals surface area contributed by atoms with Crippen molar-refractivity contribution in [3.05, 3.63) is 41.5 Å². The molecule has 0 spiro atoms. The maximum Gasteiger partial charge on any atom is 0.308 e. The second kappa shape index (κ2) is 9.60. The van der Waals surface area contributed by atoms with Gasteiger partial charge in [-0.2, -0.15) is 0 Å². The first-order valence-corrected chi connectivity index (χ1v) is 9.92. The first-order valence-electron chi connectivity index (χ1n) is 9.92. The van der Waals surface area contributed by atoms with Gasteiger partial charge in [-0.1, -0.05) is 6.07 Å². The summed E-state index contributed by atoms with van der Waals surface area (Å²) in [6.45, 7) is 4.85. The number of hydrogen-bond acceptors (Lipinski definition) is 10. The van der Waals surface area contributed by atoms with Crippen LogP contribution in [0.5, 0.6) is 28.7 Å². The quantitative estimate of drug-likeness (QED) is 0.526. The van der Waals surface area contributed by atoms with Crippen LogP contribution in [0.2, 0.25) is 0 Å². The number of carbonyl (C=O) groups is 4. The molecule has 2 aromatic rings. The monoisotopic (exact) mass is 458 g/mol. The summed E-state index contributed by atoms with van der Waals surface area (Å²) in [6.07, 6.45) is -1.62. The topological polar surface area (TPSA) is 135 Å². The van der Waals surface area contributed by atoms with Gasteiger partial charge in [0.1, 0.15) is 23.4 Å². The first kappa shape index (κ1) is 23.6. The van der Waals surface area contributed by atoms with Crippen LogP contribution in [-0.2, 0) is 30.3 Å². The summed E-state index contributed by atoms with van der Waals surface area (Å²) >= 11 is 0. The number of carbonyl (C=O) groups excluding carboxylic acids is 4. The maximum atomic E-state index is 11.8. The van der Waals surface area contributed by atoms with Crippen molar-refractivity contribution in [1.82, 2.24) is 0 Å². The lowest BCUT2D eigenvalue weighted by molar-refractivity contribution is -0.152. The number of phenols is 1. The Labute approximate surface area is 189 Å². The Bertz CT molecular complexity index is 1120. The number of benzene rings is 2. The molecule has 10 heteroatoms. The fourth-order valence-corrected chi connectivity index (χ4v) is 3.45. The minimum atomic E-state index is -0.880. The molecule has 3 rings (SSSR count). The standard InChI is InChI=1S/C23H22O10/c1-11(24)29-18-6-5-15(7-21(18)31-13(3)26)23-22(32-14(4)27)10-17-19(30-12(2)25)8-16(28)9-20(17)33-23/h5-9,22-23,28H,10H2,1-4H3. The molecule has 10 nitrogen and oxygen atoms in total. The van der Waals surface area contributed by atoms with E-state index in [0.29, 0.717) is 11.1 Å². The van der Waals surface area contributed by atoms with Gasteiger partial charge in [0, 0.05) is 57.4 Å². The molecular formula is C23H22O10. The zero-order valence-electron chi connectivity index (χ0n) is 18.4. The van der Waals surface area contributed by atoms with Crippen molar-refractivity contribution in [2.45, 2.75) is 46.3 Å². The van der Waals surface area contributed by atoms with Crippen LogP contribution in [0.1, 0.15) is 44.9 Å². The molecule has 1 aliphatic rings. The van der Waals surface area contributed by atoms with Crippen LogP contribution >= 0.6 is 0 Å². The number of ether oxygens (including phenoxy) is 5. The highest BCUT2D eigenvalue weighted by atomic mass is 16.6. The van der Waals surface area contributed by atoms with E-state index in [4.69, 9.17) is 23.7 Å². The molecule has 1 N–H and O–H groups in total. The molecule has 0 fully saturated rings. The highest BCUT2D eigenvalue weighted by Gasteiger charge is 2.36. The second-order valence-electron chi connectivity index (χ2n) is 7.30. The Morgan fingerprint density at radius 1 is 0.818 bits per heavy atom. The Morgan fingerprint density at radius 2 is 1.42 bits per heavy atom. The minimum Gasteiger partial charge on any atom is -0.508 e. The highest BCUT2D eigenvalue weighted by Crippen LogP contribution is 2.44. The molecule has 0 bridgehead atoms. The van der Waals surface area contributed by atoms with Crippen LogP contribution in [0.3, 0.4) is 0 Å². The van der Waals surface area contributed by atoms with E-state index in [-0.39, 0.29) is 35.2 Å². The fourth-order valence-electron chi connectivity index (χ4n) is 3.45. The highest BCUT2D eigenvalue weighted by molar-refractivity contribution is 5.74. The molecule has 33 heavy (non-hydrogen) atoms. The van der Waals surface area contributed by atoms with Crippen molar-refractivity contribution < 1.29 is 48.0 Å². The van der Waals surface area contributed by atoms with E-state index in [1.54, 1.807) is 6.07 Å². The molecule has 0 aliphatic carbocycles. The number of hydrogen-bond donors (Lipinski definition) is 1. The molecule has 0 saturated carbocycles. The Hall–Kier alpha value is -4.08. The van der Waals surface area contributed by atoms with Crippen LogP contribution in [-0.4, -0.2) is 35.1 Å². The maximum absolute atomic E-state index is 11.8. The van der Waals surface area contributed by atoms with E-state index in [1.807, 2.05) is 0 Å². The summed E-state index contributed by atoms with van der Waals surface area (Å²) in [6, 6.07) is 7.03. The van der Waals surface area contributed by atoms with Crippen LogP contribution in [0.4, 0.5) is 0 Å². The molecule has 2 aromatic carbocycles. The minimum absolute atomic E-state index is 0.0245. The number of fused-ring (bicyclic) bond motifs is 1. The second-order valence-corrected chi connectivity index (χ2v) is 7.30. The Kier molecular flexibility index (Phi) is 6.86. The van der Waals surface area contributed by atoms with Gasteiger partial charge in [0.15, 0.2) is 17.6 Å². The smallest absolute Gasteiger partial charge is 0.308 e. The van der Waals surface area contributed by atoms with E-state index in [0.717, 1.165) is 0 Å². The third-order valence-electron chi connectivity index (χ3n) is 4.52. The van der Waals surface area contributed by atoms with E-state index in [1.165, 1.54) is 52.0 Å². The number of rotatable bonds is 5. The lowest BCUT2D eigenvalue weighted by Crippen LogP contribution is -2.34. The summed E-state index contributed by atoms with van der Waals surface area (Å²) in [5.41, 5.74) is 0.874. The first-order chi connectivity index (χ1) is 15.5.